The molecule has 1 saturated heterocycles. The van der Waals surface area contributed by atoms with Crippen molar-refractivity contribution in [2.45, 2.75) is 38.1 Å². The van der Waals surface area contributed by atoms with E-state index in [2.05, 4.69) is 5.16 Å². The number of aryl methyl sites for hydroxylation is 1. The van der Waals surface area contributed by atoms with E-state index in [9.17, 15) is 9.59 Å². The first-order valence-electron chi connectivity index (χ1n) is 10.7. The van der Waals surface area contributed by atoms with Crippen LogP contribution in [-0.4, -0.2) is 52.9 Å². The van der Waals surface area contributed by atoms with E-state index in [1.807, 2.05) is 36.4 Å². The second-order valence-corrected chi connectivity index (χ2v) is 7.90. The number of amides is 2. The molecule has 2 aromatic heterocycles. The van der Waals surface area contributed by atoms with Crippen molar-refractivity contribution in [1.82, 2.24) is 15.0 Å². The predicted octanol–water partition coefficient (Wildman–Crippen LogP) is 4.02. The number of likely N-dealkylation sites (N-methyl/N-ethyl adjacent to an activating group) is 1. The van der Waals surface area contributed by atoms with Gasteiger partial charge in [0.2, 0.25) is 5.91 Å². The van der Waals surface area contributed by atoms with Gasteiger partial charge in [-0.1, -0.05) is 35.5 Å². The molecule has 31 heavy (non-hydrogen) atoms. The largest absolute Gasteiger partial charge is 0.459 e. The molecule has 2 amide bonds. The number of piperidine rings is 1. The van der Waals surface area contributed by atoms with Crippen LogP contribution < -0.4 is 0 Å². The molecule has 3 aromatic rings. The average molecular weight is 421 g/mol. The summed E-state index contributed by atoms with van der Waals surface area (Å²) in [4.78, 5) is 29.2. The molecule has 0 aliphatic carbocycles. The Morgan fingerprint density at radius 2 is 2.00 bits per heavy atom. The van der Waals surface area contributed by atoms with E-state index >= 15 is 0 Å². The molecule has 7 nitrogen and oxygen atoms in total. The van der Waals surface area contributed by atoms with Crippen molar-refractivity contribution in [3.8, 4) is 11.3 Å². The minimum atomic E-state index is -0.439. The fourth-order valence-electron chi connectivity index (χ4n) is 4.00. The van der Waals surface area contributed by atoms with E-state index in [0.717, 1.165) is 36.3 Å². The van der Waals surface area contributed by atoms with Gasteiger partial charge in [0.05, 0.1) is 6.26 Å². The van der Waals surface area contributed by atoms with Gasteiger partial charge in [-0.2, -0.15) is 0 Å². The van der Waals surface area contributed by atoms with Crippen molar-refractivity contribution in [2.24, 2.45) is 0 Å². The third kappa shape index (κ3) is 4.87. The standard InChI is InChI=1S/C24H27N3O4/c1-26(14-7-11-19-17-20(25-31-19)18-9-3-2-4-10-18)23(28)21-12-5-6-15-27(21)24(29)22-13-8-16-30-22/h2-4,8-10,13,16-17,21H,5-7,11-12,14-15H2,1H3. The number of benzene rings is 1. The number of furan rings is 1. The van der Waals surface area contributed by atoms with Gasteiger partial charge >= 0.3 is 0 Å². The smallest absolute Gasteiger partial charge is 0.290 e. The van der Waals surface area contributed by atoms with Crippen LogP contribution in [0, 0.1) is 0 Å². The molecule has 0 spiro atoms. The maximum absolute atomic E-state index is 13.1. The third-order valence-corrected chi connectivity index (χ3v) is 5.70. The molecule has 1 unspecified atom stereocenters. The summed E-state index contributed by atoms with van der Waals surface area (Å²) in [5.41, 5.74) is 1.83. The van der Waals surface area contributed by atoms with Crippen LogP contribution in [0.5, 0.6) is 0 Å². The van der Waals surface area contributed by atoms with Gasteiger partial charge in [0.25, 0.3) is 5.91 Å². The molecule has 4 rings (SSSR count). The summed E-state index contributed by atoms with van der Waals surface area (Å²) in [5.74, 6) is 0.836. The zero-order chi connectivity index (χ0) is 21.6. The summed E-state index contributed by atoms with van der Waals surface area (Å²) in [7, 11) is 1.79. The Balaban J connectivity index is 1.31. The second-order valence-electron chi connectivity index (χ2n) is 7.90. The molecule has 0 N–H and O–H groups in total. The molecule has 1 aliphatic rings. The number of carbonyl (C=O) groups excluding carboxylic acids is 2. The summed E-state index contributed by atoms with van der Waals surface area (Å²) in [5, 5.41) is 4.14. The van der Waals surface area contributed by atoms with Crippen molar-refractivity contribution in [1.29, 1.82) is 0 Å². The lowest BCUT2D eigenvalue weighted by atomic mass is 10.0. The highest BCUT2D eigenvalue weighted by Crippen LogP contribution is 2.22. The Morgan fingerprint density at radius 1 is 1.16 bits per heavy atom. The normalized spacial score (nSPS) is 16.3. The number of hydrogen-bond donors (Lipinski definition) is 0. The number of likely N-dealkylation sites (tertiary alicyclic amines) is 1. The number of rotatable bonds is 7. The number of hydrogen-bond acceptors (Lipinski definition) is 5. The van der Waals surface area contributed by atoms with Crippen LogP contribution in [0.25, 0.3) is 11.3 Å². The van der Waals surface area contributed by atoms with E-state index in [4.69, 9.17) is 8.94 Å². The maximum Gasteiger partial charge on any atom is 0.290 e. The molecule has 1 aliphatic heterocycles. The van der Waals surface area contributed by atoms with Gasteiger partial charge in [0.15, 0.2) is 5.76 Å². The lowest BCUT2D eigenvalue weighted by Crippen LogP contribution is -2.52. The molecule has 1 atom stereocenters. The highest BCUT2D eigenvalue weighted by Gasteiger charge is 2.35. The van der Waals surface area contributed by atoms with E-state index in [0.29, 0.717) is 25.9 Å². The van der Waals surface area contributed by atoms with Crippen LogP contribution in [0.1, 0.15) is 42.0 Å². The van der Waals surface area contributed by atoms with Crippen LogP contribution in [0.3, 0.4) is 0 Å². The average Bonchev–Trinajstić information content (AvgIpc) is 3.51. The SMILES string of the molecule is CN(CCCc1cc(-c2ccccc2)no1)C(=O)C1CCCCN1C(=O)c1ccco1. The van der Waals surface area contributed by atoms with Crippen LogP contribution in [0.2, 0.25) is 0 Å². The van der Waals surface area contributed by atoms with Crippen LogP contribution in [0.4, 0.5) is 0 Å². The first-order chi connectivity index (χ1) is 15.1. The summed E-state index contributed by atoms with van der Waals surface area (Å²) >= 11 is 0. The molecular formula is C24H27N3O4. The molecule has 7 heteroatoms. The molecule has 0 saturated carbocycles. The maximum atomic E-state index is 13.1. The molecule has 3 heterocycles. The Hall–Kier alpha value is -3.35. The molecule has 0 radical (unpaired) electrons. The zero-order valence-corrected chi connectivity index (χ0v) is 17.7. The fraction of sp³-hybridized carbons (Fsp3) is 0.375. The first-order valence-corrected chi connectivity index (χ1v) is 10.7. The van der Waals surface area contributed by atoms with Gasteiger partial charge in [-0.05, 0) is 37.8 Å². The third-order valence-electron chi connectivity index (χ3n) is 5.70. The quantitative estimate of drug-likeness (QED) is 0.576. The second kappa shape index (κ2) is 9.64. The molecule has 0 bridgehead atoms. The van der Waals surface area contributed by atoms with Gasteiger partial charge in [-0.15, -0.1) is 0 Å². The molecule has 162 valence electrons. The van der Waals surface area contributed by atoms with Crippen molar-refractivity contribution >= 4 is 11.8 Å². The Morgan fingerprint density at radius 3 is 2.77 bits per heavy atom. The molecule has 1 fully saturated rings. The van der Waals surface area contributed by atoms with E-state index < -0.39 is 6.04 Å². The summed E-state index contributed by atoms with van der Waals surface area (Å²) in [6.07, 6.45) is 5.44. The Kier molecular flexibility index (Phi) is 6.50. The Labute approximate surface area is 181 Å². The summed E-state index contributed by atoms with van der Waals surface area (Å²) < 4.78 is 10.7. The van der Waals surface area contributed by atoms with Gasteiger partial charge in [0.1, 0.15) is 17.5 Å². The lowest BCUT2D eigenvalue weighted by Gasteiger charge is -2.36. The first kappa shape index (κ1) is 20.9. The number of carbonyl (C=O) groups is 2. The van der Waals surface area contributed by atoms with Gasteiger partial charge in [-0.3, -0.25) is 9.59 Å². The minimum absolute atomic E-state index is 0.0258. The fourth-order valence-corrected chi connectivity index (χ4v) is 4.00. The van der Waals surface area contributed by atoms with Crippen molar-refractivity contribution < 1.29 is 18.5 Å². The van der Waals surface area contributed by atoms with Crippen LogP contribution in [-0.2, 0) is 11.2 Å². The van der Waals surface area contributed by atoms with Gasteiger partial charge < -0.3 is 18.7 Å². The minimum Gasteiger partial charge on any atom is -0.459 e. The predicted molar refractivity (Wildman–Crippen MR) is 115 cm³/mol. The van der Waals surface area contributed by atoms with Crippen molar-refractivity contribution in [3.05, 3.63) is 66.3 Å². The zero-order valence-electron chi connectivity index (χ0n) is 17.7. The van der Waals surface area contributed by atoms with Crippen molar-refractivity contribution in [2.75, 3.05) is 20.1 Å². The highest BCUT2D eigenvalue weighted by atomic mass is 16.5. The van der Waals surface area contributed by atoms with E-state index in [1.165, 1.54) is 6.26 Å². The molecule has 1 aromatic carbocycles. The Bertz CT molecular complexity index is 997. The monoisotopic (exact) mass is 421 g/mol. The number of nitrogens with zero attached hydrogens (tertiary/aromatic N) is 3. The molecular weight excluding hydrogens is 394 g/mol. The summed E-state index contributed by atoms with van der Waals surface area (Å²) in [6, 6.07) is 14.7. The van der Waals surface area contributed by atoms with E-state index in [1.54, 1.807) is 29.0 Å². The summed E-state index contributed by atoms with van der Waals surface area (Å²) in [6.45, 7) is 1.16. The lowest BCUT2D eigenvalue weighted by molar-refractivity contribution is -0.136. The van der Waals surface area contributed by atoms with Crippen LogP contribution >= 0.6 is 0 Å². The van der Waals surface area contributed by atoms with E-state index in [-0.39, 0.29) is 17.6 Å². The topological polar surface area (TPSA) is 79.8 Å². The van der Waals surface area contributed by atoms with Gasteiger partial charge in [0, 0.05) is 38.2 Å². The van der Waals surface area contributed by atoms with Crippen molar-refractivity contribution in [3.63, 3.8) is 0 Å². The number of aromatic nitrogens is 1. The highest BCUT2D eigenvalue weighted by molar-refractivity contribution is 5.95. The van der Waals surface area contributed by atoms with Gasteiger partial charge in [-0.25, -0.2) is 0 Å². The van der Waals surface area contributed by atoms with Crippen LogP contribution in [0.15, 0.2) is 63.7 Å².